The lowest BCUT2D eigenvalue weighted by Crippen LogP contribution is -2.49. The van der Waals surface area contributed by atoms with Gasteiger partial charge in [-0.25, -0.2) is 4.79 Å². The number of rotatable bonds is 3. The Hall–Kier alpha value is -2.57. The summed E-state index contributed by atoms with van der Waals surface area (Å²) >= 11 is 0. The van der Waals surface area contributed by atoms with Crippen molar-refractivity contribution in [2.75, 3.05) is 24.5 Å². The molecule has 1 fully saturated rings. The number of carbonyl (C=O) groups is 3. The number of carbonyl (C=O) groups excluding carboxylic acids is 2. The largest absolute Gasteiger partial charge is 0.479 e. The summed E-state index contributed by atoms with van der Waals surface area (Å²) in [5, 5.41) is 9.12. The summed E-state index contributed by atoms with van der Waals surface area (Å²) in [6.45, 7) is 2.99. The van der Waals surface area contributed by atoms with E-state index in [1.54, 1.807) is 6.92 Å². The first-order valence-corrected chi connectivity index (χ1v) is 8.60. The van der Waals surface area contributed by atoms with Gasteiger partial charge in [0.15, 0.2) is 6.10 Å². The molecule has 1 unspecified atom stereocenters. The summed E-state index contributed by atoms with van der Waals surface area (Å²) in [5.74, 6) is -1.13. The molecule has 1 saturated heterocycles. The van der Waals surface area contributed by atoms with Crippen LogP contribution in [0.4, 0.5) is 5.69 Å². The van der Waals surface area contributed by atoms with Crippen LogP contribution in [0.2, 0.25) is 0 Å². The van der Waals surface area contributed by atoms with Crippen molar-refractivity contribution < 1.29 is 24.2 Å². The molecule has 0 aromatic heterocycles. The van der Waals surface area contributed by atoms with Gasteiger partial charge in [-0.2, -0.15) is 0 Å². The van der Waals surface area contributed by atoms with Crippen LogP contribution in [0.3, 0.4) is 0 Å². The second-order valence-electron chi connectivity index (χ2n) is 6.47. The maximum Gasteiger partial charge on any atom is 0.335 e. The SMILES string of the molecule is CC1Oc2cc(C(=O)O)ccc2N(CC(=O)N2CCCCCC2)C1=O. The predicted molar refractivity (Wildman–Crippen MR) is 90.9 cm³/mol. The van der Waals surface area contributed by atoms with E-state index in [-0.39, 0.29) is 23.9 Å². The zero-order valence-electron chi connectivity index (χ0n) is 14.2. The van der Waals surface area contributed by atoms with E-state index in [9.17, 15) is 14.4 Å². The van der Waals surface area contributed by atoms with E-state index in [0.717, 1.165) is 38.8 Å². The Morgan fingerprint density at radius 2 is 1.88 bits per heavy atom. The highest BCUT2D eigenvalue weighted by Gasteiger charge is 2.34. The monoisotopic (exact) mass is 346 g/mol. The minimum Gasteiger partial charge on any atom is -0.479 e. The van der Waals surface area contributed by atoms with Gasteiger partial charge < -0.3 is 14.7 Å². The van der Waals surface area contributed by atoms with Gasteiger partial charge in [0.2, 0.25) is 5.91 Å². The lowest BCUT2D eigenvalue weighted by atomic mass is 10.1. The van der Waals surface area contributed by atoms with Crippen LogP contribution in [-0.2, 0) is 9.59 Å². The first kappa shape index (κ1) is 17.3. The van der Waals surface area contributed by atoms with E-state index in [1.807, 2.05) is 4.90 Å². The number of amides is 2. The fourth-order valence-corrected chi connectivity index (χ4v) is 3.26. The zero-order valence-corrected chi connectivity index (χ0v) is 14.2. The van der Waals surface area contributed by atoms with E-state index in [4.69, 9.17) is 9.84 Å². The smallest absolute Gasteiger partial charge is 0.335 e. The predicted octanol–water partition coefficient (Wildman–Crippen LogP) is 1.90. The van der Waals surface area contributed by atoms with Gasteiger partial charge in [0.1, 0.15) is 12.3 Å². The summed E-state index contributed by atoms with van der Waals surface area (Å²) in [7, 11) is 0. The average molecular weight is 346 g/mol. The van der Waals surface area contributed by atoms with E-state index >= 15 is 0 Å². The number of likely N-dealkylation sites (tertiary alicyclic amines) is 1. The molecule has 0 aliphatic carbocycles. The number of ether oxygens (including phenoxy) is 1. The Labute approximate surface area is 146 Å². The van der Waals surface area contributed by atoms with Gasteiger partial charge in [0.05, 0.1) is 11.3 Å². The standard InChI is InChI=1S/C18H22N2O5/c1-12-17(22)20(11-16(21)19-8-4-2-3-5-9-19)14-7-6-13(18(23)24)10-15(14)25-12/h6-7,10,12H,2-5,8-9,11H2,1H3,(H,23,24). The van der Waals surface area contributed by atoms with E-state index < -0.39 is 12.1 Å². The Balaban J connectivity index is 1.84. The second kappa shape index (κ2) is 7.13. The van der Waals surface area contributed by atoms with Crippen LogP contribution in [0.1, 0.15) is 43.0 Å². The molecular formula is C18H22N2O5. The molecule has 0 spiro atoms. The van der Waals surface area contributed by atoms with Crippen molar-refractivity contribution in [3.05, 3.63) is 23.8 Å². The number of carboxylic acids is 1. The van der Waals surface area contributed by atoms with Gasteiger partial charge in [-0.15, -0.1) is 0 Å². The van der Waals surface area contributed by atoms with Gasteiger partial charge in [-0.1, -0.05) is 12.8 Å². The molecule has 1 N–H and O–H groups in total. The number of fused-ring (bicyclic) bond motifs is 1. The lowest BCUT2D eigenvalue weighted by molar-refractivity contribution is -0.133. The second-order valence-corrected chi connectivity index (χ2v) is 6.47. The van der Waals surface area contributed by atoms with Crippen molar-refractivity contribution in [3.63, 3.8) is 0 Å². The van der Waals surface area contributed by atoms with Crippen LogP contribution in [0.5, 0.6) is 5.75 Å². The van der Waals surface area contributed by atoms with Crippen molar-refractivity contribution in [1.82, 2.24) is 4.90 Å². The topological polar surface area (TPSA) is 87.2 Å². The number of hydrogen-bond donors (Lipinski definition) is 1. The molecule has 134 valence electrons. The number of anilines is 1. The van der Waals surface area contributed by atoms with Crippen LogP contribution in [0, 0.1) is 0 Å². The molecular weight excluding hydrogens is 324 g/mol. The first-order valence-electron chi connectivity index (χ1n) is 8.60. The minimum atomic E-state index is -1.07. The van der Waals surface area contributed by atoms with Crippen molar-refractivity contribution in [3.8, 4) is 5.75 Å². The van der Waals surface area contributed by atoms with Gasteiger partial charge >= 0.3 is 5.97 Å². The first-order chi connectivity index (χ1) is 12.0. The summed E-state index contributed by atoms with van der Waals surface area (Å²) in [5.41, 5.74) is 0.523. The minimum absolute atomic E-state index is 0.0497. The third kappa shape index (κ3) is 3.60. The van der Waals surface area contributed by atoms with E-state index in [2.05, 4.69) is 0 Å². The number of aromatic carboxylic acids is 1. The molecule has 1 aromatic rings. The molecule has 0 saturated carbocycles. The average Bonchev–Trinajstić information content (AvgIpc) is 2.87. The summed E-state index contributed by atoms with van der Waals surface area (Å²) in [6.07, 6.45) is 3.46. The number of nitrogens with zero attached hydrogens (tertiary/aromatic N) is 2. The van der Waals surface area contributed by atoms with Crippen molar-refractivity contribution in [2.24, 2.45) is 0 Å². The summed E-state index contributed by atoms with van der Waals surface area (Å²) in [4.78, 5) is 39.5. The highest BCUT2D eigenvalue weighted by Crippen LogP contribution is 2.35. The number of carboxylic acid groups (broad SMARTS) is 1. The molecule has 0 bridgehead atoms. The van der Waals surface area contributed by atoms with Crippen LogP contribution in [0.15, 0.2) is 18.2 Å². The van der Waals surface area contributed by atoms with Crippen molar-refractivity contribution in [1.29, 1.82) is 0 Å². The quantitative estimate of drug-likeness (QED) is 0.903. The Bertz CT molecular complexity index is 695. The van der Waals surface area contributed by atoms with Crippen molar-refractivity contribution in [2.45, 2.75) is 38.7 Å². The molecule has 3 rings (SSSR count). The molecule has 1 atom stereocenters. The third-order valence-corrected chi connectivity index (χ3v) is 4.67. The third-order valence-electron chi connectivity index (χ3n) is 4.67. The Kier molecular flexibility index (Phi) is 4.92. The molecule has 7 heteroatoms. The molecule has 1 aromatic carbocycles. The molecule has 2 amide bonds. The van der Waals surface area contributed by atoms with Crippen LogP contribution >= 0.6 is 0 Å². The fourth-order valence-electron chi connectivity index (χ4n) is 3.26. The molecule has 0 radical (unpaired) electrons. The van der Waals surface area contributed by atoms with E-state index in [0.29, 0.717) is 11.4 Å². The van der Waals surface area contributed by atoms with Gasteiger partial charge in [0, 0.05) is 13.1 Å². The zero-order chi connectivity index (χ0) is 18.0. The molecule has 2 heterocycles. The summed E-state index contributed by atoms with van der Waals surface area (Å²) < 4.78 is 5.53. The van der Waals surface area contributed by atoms with Crippen LogP contribution in [0.25, 0.3) is 0 Å². The summed E-state index contributed by atoms with van der Waals surface area (Å²) in [6, 6.07) is 4.33. The lowest BCUT2D eigenvalue weighted by Gasteiger charge is -2.34. The van der Waals surface area contributed by atoms with Gasteiger partial charge in [-0.3, -0.25) is 14.5 Å². The van der Waals surface area contributed by atoms with Crippen LogP contribution < -0.4 is 9.64 Å². The fraction of sp³-hybridized carbons (Fsp3) is 0.500. The van der Waals surface area contributed by atoms with Crippen molar-refractivity contribution >= 4 is 23.5 Å². The molecule has 25 heavy (non-hydrogen) atoms. The normalized spacial score (nSPS) is 20.5. The maximum absolute atomic E-state index is 12.7. The molecule has 2 aliphatic heterocycles. The Morgan fingerprint density at radius 3 is 2.52 bits per heavy atom. The maximum atomic E-state index is 12.7. The molecule has 7 nitrogen and oxygen atoms in total. The highest BCUT2D eigenvalue weighted by molar-refractivity contribution is 6.04. The van der Waals surface area contributed by atoms with Gasteiger partial charge in [0.25, 0.3) is 5.91 Å². The van der Waals surface area contributed by atoms with E-state index in [1.165, 1.54) is 23.1 Å². The molecule has 2 aliphatic rings. The number of benzene rings is 1. The van der Waals surface area contributed by atoms with Gasteiger partial charge in [-0.05, 0) is 38.0 Å². The highest BCUT2D eigenvalue weighted by atomic mass is 16.5. The number of hydrogen-bond acceptors (Lipinski definition) is 4. The Morgan fingerprint density at radius 1 is 1.20 bits per heavy atom. The van der Waals surface area contributed by atoms with Crippen LogP contribution in [-0.4, -0.2) is 53.5 Å².